The van der Waals surface area contributed by atoms with Gasteiger partial charge in [-0.3, -0.25) is 4.90 Å². The highest BCUT2D eigenvalue weighted by molar-refractivity contribution is 6.43. The average Bonchev–Trinajstić information content (AvgIpc) is 2.86. The standard InChI is InChI=1S/C26H32Cl2N4O3/c27-21-5-3-7-23(24(21)28)32-16-14-31(15-17-32)13-12-18-8-10-19(11-9-18)29-26(35)30-22-6-2-1-4-20(22)25(33)34/h1-7,18-19H,8-17H2,(H,33,34)(H2,29,30,35). The van der Waals surface area contributed by atoms with Crippen molar-refractivity contribution < 1.29 is 14.7 Å². The number of piperazine rings is 1. The molecular weight excluding hydrogens is 487 g/mol. The smallest absolute Gasteiger partial charge is 0.337 e. The molecule has 0 radical (unpaired) electrons. The second-order valence-corrected chi connectivity index (χ2v) is 10.1. The van der Waals surface area contributed by atoms with Crippen LogP contribution in [-0.4, -0.2) is 60.8 Å². The van der Waals surface area contributed by atoms with Crippen molar-refractivity contribution in [2.75, 3.05) is 42.9 Å². The molecule has 188 valence electrons. The van der Waals surface area contributed by atoms with E-state index >= 15 is 0 Å². The fourth-order valence-corrected chi connectivity index (χ4v) is 5.45. The van der Waals surface area contributed by atoms with Crippen LogP contribution in [0.4, 0.5) is 16.2 Å². The topological polar surface area (TPSA) is 84.9 Å². The van der Waals surface area contributed by atoms with E-state index < -0.39 is 5.97 Å². The summed E-state index contributed by atoms with van der Waals surface area (Å²) in [4.78, 5) is 28.5. The van der Waals surface area contributed by atoms with Crippen molar-refractivity contribution in [3.63, 3.8) is 0 Å². The summed E-state index contributed by atoms with van der Waals surface area (Å²) in [6, 6.07) is 12.0. The summed E-state index contributed by atoms with van der Waals surface area (Å²) >= 11 is 12.6. The third kappa shape index (κ3) is 6.81. The van der Waals surface area contributed by atoms with Crippen LogP contribution in [-0.2, 0) is 0 Å². The minimum Gasteiger partial charge on any atom is -0.478 e. The zero-order chi connectivity index (χ0) is 24.8. The number of carbonyl (C=O) groups excluding carboxylic acids is 1. The van der Waals surface area contributed by atoms with E-state index in [1.54, 1.807) is 18.2 Å². The molecule has 0 aromatic heterocycles. The second-order valence-electron chi connectivity index (χ2n) is 9.36. The van der Waals surface area contributed by atoms with Gasteiger partial charge in [0, 0.05) is 32.2 Å². The van der Waals surface area contributed by atoms with E-state index in [1.165, 1.54) is 12.5 Å². The van der Waals surface area contributed by atoms with Crippen LogP contribution in [0.15, 0.2) is 42.5 Å². The summed E-state index contributed by atoms with van der Waals surface area (Å²) in [5, 5.41) is 16.2. The molecule has 1 saturated heterocycles. The van der Waals surface area contributed by atoms with E-state index in [4.69, 9.17) is 23.2 Å². The van der Waals surface area contributed by atoms with Crippen LogP contribution in [0.1, 0.15) is 42.5 Å². The number of urea groups is 1. The predicted molar refractivity (Wildman–Crippen MR) is 141 cm³/mol. The number of nitrogens with one attached hydrogen (secondary N) is 2. The maximum Gasteiger partial charge on any atom is 0.337 e. The van der Waals surface area contributed by atoms with Crippen molar-refractivity contribution in [3.05, 3.63) is 58.1 Å². The number of benzene rings is 2. The van der Waals surface area contributed by atoms with Crippen LogP contribution >= 0.6 is 23.2 Å². The summed E-state index contributed by atoms with van der Waals surface area (Å²) < 4.78 is 0. The van der Waals surface area contributed by atoms with E-state index in [0.29, 0.717) is 21.7 Å². The average molecular weight is 519 g/mol. The molecule has 2 aliphatic rings. The molecule has 9 heteroatoms. The van der Waals surface area contributed by atoms with E-state index in [2.05, 4.69) is 20.4 Å². The Hall–Kier alpha value is -2.48. The highest BCUT2D eigenvalue weighted by Crippen LogP contribution is 2.33. The zero-order valence-corrected chi connectivity index (χ0v) is 21.2. The molecule has 7 nitrogen and oxygen atoms in total. The Bertz CT molecular complexity index is 1040. The molecule has 4 rings (SSSR count). The first-order chi connectivity index (χ1) is 16.9. The lowest BCUT2D eigenvalue weighted by Crippen LogP contribution is -2.47. The number of nitrogens with zero attached hydrogens (tertiary/aromatic N) is 2. The number of carbonyl (C=O) groups is 2. The molecule has 0 spiro atoms. The number of halogens is 2. The summed E-state index contributed by atoms with van der Waals surface area (Å²) in [5.41, 5.74) is 1.41. The van der Waals surface area contributed by atoms with Gasteiger partial charge in [-0.25, -0.2) is 9.59 Å². The van der Waals surface area contributed by atoms with Crippen molar-refractivity contribution in [2.24, 2.45) is 5.92 Å². The van der Waals surface area contributed by atoms with Crippen LogP contribution in [0.25, 0.3) is 0 Å². The van der Waals surface area contributed by atoms with Crippen molar-refractivity contribution in [1.29, 1.82) is 0 Å². The number of hydrogen-bond donors (Lipinski definition) is 3. The number of amides is 2. The first-order valence-electron chi connectivity index (χ1n) is 12.2. The Labute approximate surface area is 216 Å². The van der Waals surface area contributed by atoms with Gasteiger partial charge >= 0.3 is 12.0 Å². The fraction of sp³-hybridized carbons (Fsp3) is 0.462. The lowest BCUT2D eigenvalue weighted by Gasteiger charge is -2.37. The van der Waals surface area contributed by atoms with Crippen LogP contribution in [0, 0.1) is 5.92 Å². The molecule has 3 N–H and O–H groups in total. The number of rotatable bonds is 7. The molecule has 1 heterocycles. The number of anilines is 2. The van der Waals surface area contributed by atoms with Gasteiger partial charge in [0.2, 0.25) is 0 Å². The SMILES string of the molecule is O=C(Nc1ccccc1C(=O)O)NC1CCC(CCN2CCN(c3cccc(Cl)c3Cl)CC2)CC1. The third-order valence-electron chi connectivity index (χ3n) is 7.09. The largest absolute Gasteiger partial charge is 0.478 e. The highest BCUT2D eigenvalue weighted by Gasteiger charge is 2.25. The Kier molecular flexibility index (Phi) is 8.76. The lowest BCUT2D eigenvalue weighted by molar-refractivity contribution is 0.0698. The lowest BCUT2D eigenvalue weighted by atomic mass is 9.84. The predicted octanol–water partition coefficient (Wildman–Crippen LogP) is 5.58. The quantitative estimate of drug-likeness (QED) is 0.445. The van der Waals surface area contributed by atoms with Gasteiger partial charge in [-0.2, -0.15) is 0 Å². The zero-order valence-electron chi connectivity index (χ0n) is 19.7. The molecule has 2 amide bonds. The molecule has 1 aliphatic carbocycles. The van der Waals surface area contributed by atoms with Crippen LogP contribution in [0.2, 0.25) is 10.0 Å². The van der Waals surface area contributed by atoms with E-state index in [1.807, 2.05) is 18.2 Å². The number of carboxylic acids is 1. The third-order valence-corrected chi connectivity index (χ3v) is 7.89. The first kappa shape index (κ1) is 25.6. The van der Waals surface area contributed by atoms with E-state index in [0.717, 1.165) is 64.1 Å². The fourth-order valence-electron chi connectivity index (χ4n) is 5.03. The normalized spacial score (nSPS) is 20.9. The summed E-state index contributed by atoms with van der Waals surface area (Å²) in [7, 11) is 0. The van der Waals surface area contributed by atoms with Crippen molar-refractivity contribution >= 4 is 46.6 Å². The molecule has 2 aromatic carbocycles. The second kappa shape index (κ2) is 12.0. The molecule has 0 atom stereocenters. The Morgan fingerprint density at radius 1 is 0.943 bits per heavy atom. The van der Waals surface area contributed by atoms with Crippen molar-refractivity contribution in [2.45, 2.75) is 38.1 Å². The molecule has 2 aromatic rings. The number of hydrogen-bond acceptors (Lipinski definition) is 4. The van der Waals surface area contributed by atoms with Gasteiger partial charge in [0.15, 0.2) is 0 Å². The Morgan fingerprint density at radius 2 is 1.66 bits per heavy atom. The van der Waals surface area contributed by atoms with E-state index in [-0.39, 0.29) is 17.6 Å². The summed E-state index contributed by atoms with van der Waals surface area (Å²) in [6.07, 6.45) is 5.24. The van der Waals surface area contributed by atoms with Gasteiger partial charge in [-0.05, 0) is 68.8 Å². The minimum absolute atomic E-state index is 0.0860. The maximum absolute atomic E-state index is 12.4. The van der Waals surface area contributed by atoms with Crippen LogP contribution in [0.3, 0.4) is 0 Å². The molecule has 0 unspecified atom stereocenters. The van der Waals surface area contributed by atoms with Gasteiger partial charge in [0.1, 0.15) is 0 Å². The van der Waals surface area contributed by atoms with Gasteiger partial charge in [0.25, 0.3) is 0 Å². The molecule has 1 saturated carbocycles. The molecule has 2 fully saturated rings. The number of carboxylic acid groups (broad SMARTS) is 1. The number of aromatic carboxylic acids is 1. The summed E-state index contributed by atoms with van der Waals surface area (Å²) in [6.45, 7) is 5.00. The van der Waals surface area contributed by atoms with Crippen LogP contribution < -0.4 is 15.5 Å². The van der Waals surface area contributed by atoms with Gasteiger partial charge in [-0.15, -0.1) is 0 Å². The number of para-hydroxylation sites is 1. The van der Waals surface area contributed by atoms with Crippen LogP contribution in [0.5, 0.6) is 0 Å². The highest BCUT2D eigenvalue weighted by atomic mass is 35.5. The molecule has 0 bridgehead atoms. The Morgan fingerprint density at radius 3 is 2.37 bits per heavy atom. The van der Waals surface area contributed by atoms with Gasteiger partial charge < -0.3 is 20.6 Å². The van der Waals surface area contributed by atoms with E-state index in [9.17, 15) is 14.7 Å². The maximum atomic E-state index is 12.4. The molecular formula is C26H32Cl2N4O3. The minimum atomic E-state index is -1.06. The Balaban J connectivity index is 1.15. The summed E-state index contributed by atoms with van der Waals surface area (Å²) in [5.74, 6) is -0.389. The van der Waals surface area contributed by atoms with Gasteiger partial charge in [0.05, 0.1) is 27.0 Å². The molecule has 1 aliphatic heterocycles. The molecule has 35 heavy (non-hydrogen) atoms. The monoisotopic (exact) mass is 518 g/mol. The van der Waals surface area contributed by atoms with Gasteiger partial charge in [-0.1, -0.05) is 41.4 Å². The first-order valence-corrected chi connectivity index (χ1v) is 13.0. The van der Waals surface area contributed by atoms with Crippen molar-refractivity contribution in [1.82, 2.24) is 10.2 Å². The van der Waals surface area contributed by atoms with Crippen molar-refractivity contribution in [3.8, 4) is 0 Å².